The molecule has 0 spiro atoms. The van der Waals surface area contributed by atoms with Gasteiger partial charge in [-0.05, 0) is 67.8 Å². The maximum atomic E-state index is 10.7. The fraction of sp³-hybridized carbons (Fsp3) is 0.333. The molecule has 10 heteroatoms. The van der Waals surface area contributed by atoms with Crippen molar-refractivity contribution in [1.82, 2.24) is 9.88 Å². The van der Waals surface area contributed by atoms with Crippen LogP contribution < -0.4 is 0 Å². The summed E-state index contributed by atoms with van der Waals surface area (Å²) in [5, 5.41) is 9.47. The molecule has 1 aromatic heterocycles. The Kier molecular flexibility index (Phi) is 11.0. The van der Waals surface area contributed by atoms with Crippen LogP contribution in [0.3, 0.4) is 0 Å². The second kappa shape index (κ2) is 14.2. The number of carboxylic acids is 1. The molecule has 198 valence electrons. The van der Waals surface area contributed by atoms with Gasteiger partial charge in [-0.1, -0.05) is 48.0 Å². The van der Waals surface area contributed by atoms with E-state index in [2.05, 4.69) is 9.88 Å². The van der Waals surface area contributed by atoms with Crippen molar-refractivity contribution in [3.05, 3.63) is 95.3 Å². The molecule has 0 aliphatic carbocycles. The number of hydrogen-bond acceptors (Lipinski definition) is 6. The van der Waals surface area contributed by atoms with Gasteiger partial charge in [-0.15, -0.1) is 0 Å². The summed E-state index contributed by atoms with van der Waals surface area (Å²) in [6.07, 6.45) is 4.52. The van der Waals surface area contributed by atoms with Crippen LogP contribution in [-0.4, -0.2) is 59.7 Å². The molecular weight excluding hydrogens is 516 g/mol. The first-order valence-corrected chi connectivity index (χ1v) is 13.8. The summed E-state index contributed by atoms with van der Waals surface area (Å²) < 4.78 is 35.7. The molecule has 3 aromatic rings. The van der Waals surface area contributed by atoms with Crippen LogP contribution in [0.1, 0.15) is 43.0 Å². The van der Waals surface area contributed by atoms with Gasteiger partial charge in [0, 0.05) is 30.7 Å². The van der Waals surface area contributed by atoms with Gasteiger partial charge in [-0.3, -0.25) is 14.3 Å². The largest absolute Gasteiger partial charge is 0.481 e. The minimum absolute atomic E-state index is 0.0741. The topological polar surface area (TPSA) is 117 Å². The lowest BCUT2D eigenvalue weighted by Crippen LogP contribution is -2.38. The first-order chi connectivity index (χ1) is 17.7. The molecule has 2 aromatic carbocycles. The molecule has 8 nitrogen and oxygen atoms in total. The highest BCUT2D eigenvalue weighted by atomic mass is 35.5. The van der Waals surface area contributed by atoms with Gasteiger partial charge in [0.1, 0.15) is 6.10 Å². The minimum atomic E-state index is -4.00. The zero-order chi connectivity index (χ0) is 26.7. The number of aliphatic carboxylic acids is 1. The lowest BCUT2D eigenvalue weighted by atomic mass is 10.0. The number of carbonyl (C=O) groups is 1. The molecule has 2 heterocycles. The highest BCUT2D eigenvalue weighted by Crippen LogP contribution is 2.29. The number of pyridine rings is 1. The molecule has 37 heavy (non-hydrogen) atoms. The zero-order valence-electron chi connectivity index (χ0n) is 20.3. The van der Waals surface area contributed by atoms with Gasteiger partial charge in [0.25, 0.3) is 10.1 Å². The van der Waals surface area contributed by atoms with Crippen molar-refractivity contribution >= 4 is 27.7 Å². The highest BCUT2D eigenvalue weighted by Gasteiger charge is 2.25. The molecule has 1 unspecified atom stereocenters. The molecule has 1 saturated heterocycles. The molecule has 1 aliphatic rings. The molecule has 1 aliphatic heterocycles. The lowest BCUT2D eigenvalue weighted by Gasteiger charge is -2.34. The number of halogens is 1. The number of likely N-dealkylation sites (tertiary alicyclic amines) is 1. The van der Waals surface area contributed by atoms with E-state index >= 15 is 0 Å². The van der Waals surface area contributed by atoms with Crippen molar-refractivity contribution in [2.45, 2.75) is 42.8 Å². The van der Waals surface area contributed by atoms with Crippen molar-refractivity contribution in [3.63, 3.8) is 0 Å². The van der Waals surface area contributed by atoms with Crippen LogP contribution in [0, 0.1) is 0 Å². The van der Waals surface area contributed by atoms with Gasteiger partial charge in [-0.2, -0.15) is 8.42 Å². The predicted octanol–water partition coefficient (Wildman–Crippen LogP) is 5.10. The SMILES string of the molecule is O=C(O)CCCN1CCC(OC(c2ccc(Cl)cc2)c2ccccn2)CC1.O=S(=O)(O)c1ccccc1. The molecule has 1 fully saturated rings. The average Bonchev–Trinajstić information content (AvgIpc) is 2.89. The van der Waals surface area contributed by atoms with Crippen LogP contribution in [0.5, 0.6) is 0 Å². The Morgan fingerprint density at radius 3 is 2.22 bits per heavy atom. The molecule has 0 saturated carbocycles. The maximum absolute atomic E-state index is 10.7. The highest BCUT2D eigenvalue weighted by molar-refractivity contribution is 7.85. The van der Waals surface area contributed by atoms with Crippen LogP contribution in [0.2, 0.25) is 5.02 Å². The summed E-state index contributed by atoms with van der Waals surface area (Å²) in [5.74, 6) is -0.727. The molecular formula is C27H31ClN2O6S. The zero-order valence-corrected chi connectivity index (χ0v) is 21.9. The fourth-order valence-corrected chi connectivity index (χ4v) is 4.62. The van der Waals surface area contributed by atoms with E-state index in [1.807, 2.05) is 42.5 Å². The van der Waals surface area contributed by atoms with E-state index in [0.717, 1.165) is 43.7 Å². The van der Waals surface area contributed by atoms with Crippen molar-refractivity contribution in [3.8, 4) is 0 Å². The standard InChI is InChI=1S/C21H25ClN2O3.C6H6O3S/c22-17-8-6-16(7-9-17)21(19-4-1-2-12-23-19)27-18-10-14-24(15-11-18)13-3-5-20(25)26;7-10(8,9)6-4-2-1-3-5-6/h1-2,4,6-9,12,18,21H,3,5,10-11,13-15H2,(H,25,26);1-5H,(H,7,8,9). The van der Waals surface area contributed by atoms with Gasteiger partial charge in [0.05, 0.1) is 16.7 Å². The van der Waals surface area contributed by atoms with E-state index in [1.165, 1.54) is 12.1 Å². The Labute approximate surface area is 222 Å². The molecule has 0 bridgehead atoms. The summed E-state index contributed by atoms with van der Waals surface area (Å²) in [4.78, 5) is 17.4. The molecule has 2 N–H and O–H groups in total. The van der Waals surface area contributed by atoms with Crippen molar-refractivity contribution in [1.29, 1.82) is 0 Å². The van der Waals surface area contributed by atoms with Gasteiger partial charge < -0.3 is 14.7 Å². The number of nitrogens with zero attached hydrogens (tertiary/aromatic N) is 2. The predicted molar refractivity (Wildman–Crippen MR) is 141 cm³/mol. The number of benzene rings is 2. The van der Waals surface area contributed by atoms with E-state index in [0.29, 0.717) is 11.4 Å². The normalized spacial score (nSPS) is 15.4. The van der Waals surface area contributed by atoms with E-state index in [1.54, 1.807) is 24.4 Å². The van der Waals surface area contributed by atoms with Crippen molar-refractivity contribution in [2.75, 3.05) is 19.6 Å². The molecule has 0 amide bonds. The van der Waals surface area contributed by atoms with E-state index < -0.39 is 16.1 Å². The monoisotopic (exact) mass is 546 g/mol. The number of carboxylic acid groups (broad SMARTS) is 1. The van der Waals surface area contributed by atoms with Crippen LogP contribution in [0.25, 0.3) is 0 Å². The van der Waals surface area contributed by atoms with E-state index in [9.17, 15) is 13.2 Å². The van der Waals surface area contributed by atoms with Gasteiger partial charge in [0.2, 0.25) is 0 Å². The quantitative estimate of drug-likeness (QED) is 0.356. The fourth-order valence-electron chi connectivity index (χ4n) is 4.00. The number of aromatic nitrogens is 1. The minimum Gasteiger partial charge on any atom is -0.481 e. The van der Waals surface area contributed by atoms with Gasteiger partial charge in [-0.25, -0.2) is 0 Å². The van der Waals surface area contributed by atoms with Crippen molar-refractivity contribution in [2.24, 2.45) is 0 Å². The second-order valence-corrected chi connectivity index (χ2v) is 10.5. The van der Waals surface area contributed by atoms with Crippen molar-refractivity contribution < 1.29 is 27.6 Å². The Morgan fingerprint density at radius 2 is 1.68 bits per heavy atom. The lowest BCUT2D eigenvalue weighted by molar-refractivity contribution is -0.137. The average molecular weight is 547 g/mol. The summed E-state index contributed by atoms with van der Waals surface area (Å²) in [6, 6.07) is 21.0. The first-order valence-electron chi connectivity index (χ1n) is 12.0. The Bertz CT molecular complexity index is 1200. The van der Waals surface area contributed by atoms with Crippen LogP contribution in [0.4, 0.5) is 0 Å². The van der Waals surface area contributed by atoms with E-state index in [4.69, 9.17) is 26.0 Å². The summed E-state index contributed by atoms with van der Waals surface area (Å²) in [7, 11) is -4.00. The van der Waals surface area contributed by atoms with Gasteiger partial charge >= 0.3 is 5.97 Å². The second-order valence-electron chi connectivity index (χ2n) is 8.65. The smallest absolute Gasteiger partial charge is 0.303 e. The number of hydrogen-bond donors (Lipinski definition) is 2. The third kappa shape index (κ3) is 9.87. The molecule has 1 atom stereocenters. The Morgan fingerprint density at radius 1 is 1.03 bits per heavy atom. The summed E-state index contributed by atoms with van der Waals surface area (Å²) in [5.41, 5.74) is 1.94. The van der Waals surface area contributed by atoms with Crippen LogP contribution in [0.15, 0.2) is 83.9 Å². The summed E-state index contributed by atoms with van der Waals surface area (Å²) >= 11 is 6.03. The number of ether oxygens (including phenoxy) is 1. The Balaban J connectivity index is 0.000000319. The maximum Gasteiger partial charge on any atom is 0.303 e. The number of rotatable bonds is 9. The number of piperidine rings is 1. The molecule has 0 radical (unpaired) electrons. The first kappa shape index (κ1) is 28.7. The third-order valence-electron chi connectivity index (χ3n) is 5.90. The summed E-state index contributed by atoms with van der Waals surface area (Å²) in [6.45, 7) is 2.69. The third-order valence-corrected chi connectivity index (χ3v) is 7.02. The Hall–Kier alpha value is -2.82. The van der Waals surface area contributed by atoms with E-state index in [-0.39, 0.29) is 23.5 Å². The van der Waals surface area contributed by atoms with Crippen LogP contribution >= 0.6 is 11.6 Å². The van der Waals surface area contributed by atoms with Gasteiger partial charge in [0.15, 0.2) is 0 Å². The molecule has 4 rings (SSSR count). The van der Waals surface area contributed by atoms with Crippen LogP contribution in [-0.2, 0) is 19.6 Å².